The summed E-state index contributed by atoms with van der Waals surface area (Å²) < 4.78 is 0. The van der Waals surface area contributed by atoms with Crippen molar-refractivity contribution in [1.29, 1.82) is 0 Å². The summed E-state index contributed by atoms with van der Waals surface area (Å²) in [6, 6.07) is 8.15. The predicted octanol–water partition coefficient (Wildman–Crippen LogP) is 5.47. The Morgan fingerprint density at radius 2 is 1.67 bits per heavy atom. The van der Waals surface area contributed by atoms with Crippen molar-refractivity contribution in [2.45, 2.75) is 84.2 Å². The third kappa shape index (κ3) is 6.07. The van der Waals surface area contributed by atoms with Gasteiger partial charge in [-0.05, 0) is 81.7 Å². The predicted molar refractivity (Wildman–Crippen MR) is 123 cm³/mol. The molecule has 3 rings (SSSR count). The Morgan fingerprint density at radius 3 is 2.23 bits per heavy atom. The van der Waals surface area contributed by atoms with Crippen LogP contribution in [0, 0.1) is 11.3 Å². The van der Waals surface area contributed by atoms with Crippen LogP contribution in [-0.2, 0) is 0 Å². The number of amides is 2. The molecule has 0 aliphatic heterocycles. The second-order valence-corrected chi connectivity index (χ2v) is 9.94. The fourth-order valence-electron chi connectivity index (χ4n) is 4.53. The zero-order valence-electron chi connectivity index (χ0n) is 19.2. The molecule has 5 nitrogen and oxygen atoms in total. The molecule has 2 aliphatic rings. The lowest BCUT2D eigenvalue weighted by atomic mass is 9.80. The van der Waals surface area contributed by atoms with Gasteiger partial charge in [-0.1, -0.05) is 27.2 Å². The highest BCUT2D eigenvalue weighted by Crippen LogP contribution is 2.30. The molecule has 0 atom stereocenters. The third-order valence-corrected chi connectivity index (χ3v) is 6.84. The largest absolute Gasteiger partial charge is 0.325 e. The van der Waals surface area contributed by atoms with Crippen molar-refractivity contribution in [2.75, 3.05) is 18.9 Å². The molecule has 0 aromatic heterocycles. The first-order chi connectivity index (χ1) is 14.3. The molecular weight excluding hydrogens is 374 g/mol. The zero-order chi connectivity index (χ0) is 21.7. The number of carbonyl (C=O) groups excluding carboxylic acids is 2. The SMILES string of the molecule is CCCC(C)(C)C(=O)c1ccc(NC(=O)N(C)C2CCC(NCC3CC3)CC2)cc1. The van der Waals surface area contributed by atoms with Crippen LogP contribution >= 0.6 is 0 Å². The number of urea groups is 1. The number of rotatable bonds is 9. The minimum absolute atomic E-state index is 0.0743. The van der Waals surface area contributed by atoms with Crippen LogP contribution in [0.2, 0.25) is 0 Å². The minimum atomic E-state index is -0.355. The number of nitrogens with zero attached hydrogens (tertiary/aromatic N) is 1. The van der Waals surface area contributed by atoms with E-state index in [0.29, 0.717) is 17.6 Å². The van der Waals surface area contributed by atoms with Crippen molar-refractivity contribution in [1.82, 2.24) is 10.2 Å². The molecule has 0 radical (unpaired) electrons. The molecular formula is C25H39N3O2. The lowest BCUT2D eigenvalue weighted by Crippen LogP contribution is -2.45. The first-order valence-electron chi connectivity index (χ1n) is 11.7. The molecule has 0 heterocycles. The number of benzene rings is 1. The van der Waals surface area contributed by atoms with Crippen molar-refractivity contribution in [3.63, 3.8) is 0 Å². The van der Waals surface area contributed by atoms with Gasteiger partial charge < -0.3 is 15.5 Å². The van der Waals surface area contributed by atoms with Gasteiger partial charge in [0.15, 0.2) is 5.78 Å². The average Bonchev–Trinajstić information content (AvgIpc) is 3.56. The molecule has 166 valence electrons. The molecule has 2 N–H and O–H groups in total. The number of anilines is 1. The molecule has 1 aromatic carbocycles. The van der Waals surface area contributed by atoms with Crippen LogP contribution < -0.4 is 10.6 Å². The summed E-state index contributed by atoms with van der Waals surface area (Å²) in [5, 5.41) is 6.69. The fraction of sp³-hybridized carbons (Fsp3) is 0.680. The van der Waals surface area contributed by atoms with Gasteiger partial charge in [0.25, 0.3) is 0 Å². The molecule has 30 heavy (non-hydrogen) atoms. The first-order valence-corrected chi connectivity index (χ1v) is 11.7. The van der Waals surface area contributed by atoms with Crippen molar-refractivity contribution < 1.29 is 9.59 Å². The van der Waals surface area contributed by atoms with E-state index in [-0.39, 0.29) is 17.2 Å². The summed E-state index contributed by atoms with van der Waals surface area (Å²) in [5.41, 5.74) is 1.08. The van der Waals surface area contributed by atoms with Crippen LogP contribution in [0.25, 0.3) is 0 Å². The zero-order valence-corrected chi connectivity index (χ0v) is 19.2. The molecule has 5 heteroatoms. The lowest BCUT2D eigenvalue weighted by Gasteiger charge is -2.35. The van der Waals surface area contributed by atoms with Crippen LogP contribution in [0.3, 0.4) is 0 Å². The Balaban J connectivity index is 1.47. The number of hydrogen-bond acceptors (Lipinski definition) is 3. The van der Waals surface area contributed by atoms with Gasteiger partial charge in [0.05, 0.1) is 0 Å². The number of nitrogens with one attached hydrogen (secondary N) is 2. The molecule has 0 spiro atoms. The van der Waals surface area contributed by atoms with Crippen LogP contribution in [0.5, 0.6) is 0 Å². The Hall–Kier alpha value is -1.88. The molecule has 2 saturated carbocycles. The van der Waals surface area contributed by atoms with E-state index in [1.54, 1.807) is 0 Å². The quantitative estimate of drug-likeness (QED) is 0.528. The van der Waals surface area contributed by atoms with Crippen LogP contribution in [0.15, 0.2) is 24.3 Å². The summed E-state index contributed by atoms with van der Waals surface area (Å²) in [6.07, 6.45) is 9.00. The second-order valence-electron chi connectivity index (χ2n) is 9.94. The molecule has 2 amide bonds. The van der Waals surface area contributed by atoms with Crippen molar-refractivity contribution in [3.8, 4) is 0 Å². The van der Waals surface area contributed by atoms with E-state index in [4.69, 9.17) is 0 Å². The number of ketones is 1. The second kappa shape index (κ2) is 9.95. The smallest absolute Gasteiger partial charge is 0.321 e. The molecule has 2 fully saturated rings. The maximum atomic E-state index is 12.7. The summed E-state index contributed by atoms with van der Waals surface area (Å²) in [4.78, 5) is 27.3. The van der Waals surface area contributed by atoms with Gasteiger partial charge in [0.1, 0.15) is 0 Å². The summed E-state index contributed by atoms with van der Waals surface area (Å²) in [7, 11) is 1.89. The summed E-state index contributed by atoms with van der Waals surface area (Å²) in [6.45, 7) is 7.26. The van der Waals surface area contributed by atoms with E-state index in [2.05, 4.69) is 17.6 Å². The molecule has 2 aliphatic carbocycles. The van der Waals surface area contributed by atoms with Crippen molar-refractivity contribution in [2.24, 2.45) is 11.3 Å². The lowest BCUT2D eigenvalue weighted by molar-refractivity contribution is 0.0825. The van der Waals surface area contributed by atoms with E-state index < -0.39 is 0 Å². The fourth-order valence-corrected chi connectivity index (χ4v) is 4.53. The van der Waals surface area contributed by atoms with Crippen molar-refractivity contribution >= 4 is 17.5 Å². The van der Waals surface area contributed by atoms with E-state index in [9.17, 15) is 9.59 Å². The Bertz CT molecular complexity index is 716. The maximum Gasteiger partial charge on any atom is 0.321 e. The van der Waals surface area contributed by atoms with E-state index in [0.717, 1.165) is 50.1 Å². The molecule has 0 saturated heterocycles. The van der Waals surface area contributed by atoms with Crippen molar-refractivity contribution in [3.05, 3.63) is 29.8 Å². The van der Waals surface area contributed by atoms with Crippen LogP contribution in [0.4, 0.5) is 10.5 Å². The maximum absolute atomic E-state index is 12.7. The van der Waals surface area contributed by atoms with E-state index in [1.807, 2.05) is 50.1 Å². The van der Waals surface area contributed by atoms with Crippen LogP contribution in [-0.4, -0.2) is 42.4 Å². The average molecular weight is 414 g/mol. The Kier molecular flexibility index (Phi) is 7.56. The van der Waals surface area contributed by atoms with Gasteiger partial charge in [-0.15, -0.1) is 0 Å². The summed E-state index contributed by atoms with van der Waals surface area (Å²) >= 11 is 0. The highest BCUT2D eigenvalue weighted by atomic mass is 16.2. The number of carbonyl (C=O) groups is 2. The van der Waals surface area contributed by atoms with E-state index >= 15 is 0 Å². The number of Topliss-reactive ketones (excluding diaryl/α,β-unsaturated/α-hetero) is 1. The van der Waals surface area contributed by atoms with Gasteiger partial charge >= 0.3 is 6.03 Å². The normalized spacial score (nSPS) is 21.9. The molecule has 0 unspecified atom stereocenters. The topological polar surface area (TPSA) is 61.4 Å². The minimum Gasteiger partial charge on any atom is -0.325 e. The Morgan fingerprint density at radius 1 is 1.03 bits per heavy atom. The van der Waals surface area contributed by atoms with Crippen LogP contribution in [0.1, 0.15) is 82.5 Å². The monoisotopic (exact) mass is 413 g/mol. The van der Waals surface area contributed by atoms with Gasteiger partial charge in [0, 0.05) is 35.8 Å². The molecule has 1 aromatic rings. The van der Waals surface area contributed by atoms with E-state index in [1.165, 1.54) is 19.4 Å². The van der Waals surface area contributed by atoms with Gasteiger partial charge in [-0.25, -0.2) is 4.79 Å². The van der Waals surface area contributed by atoms with Gasteiger partial charge in [-0.2, -0.15) is 0 Å². The standard InChI is InChI=1S/C25H39N3O2/c1-5-16-25(2,3)23(29)19-8-10-21(11-9-19)27-24(30)28(4)22-14-12-20(13-15-22)26-17-18-6-7-18/h8-11,18,20,22,26H,5-7,12-17H2,1-4H3,(H,27,30). The van der Waals surface area contributed by atoms with Gasteiger partial charge in [0.2, 0.25) is 0 Å². The number of hydrogen-bond donors (Lipinski definition) is 2. The Labute approximate surface area is 182 Å². The molecule has 0 bridgehead atoms. The first kappa shape index (κ1) is 22.8. The van der Waals surface area contributed by atoms with Gasteiger partial charge in [-0.3, -0.25) is 4.79 Å². The third-order valence-electron chi connectivity index (χ3n) is 6.84. The highest BCUT2D eigenvalue weighted by molar-refractivity contribution is 6.00. The highest BCUT2D eigenvalue weighted by Gasteiger charge is 2.29. The summed E-state index contributed by atoms with van der Waals surface area (Å²) in [5.74, 6) is 1.07.